The molecule has 2 unspecified atom stereocenters. The van der Waals surface area contributed by atoms with Crippen molar-refractivity contribution in [3.8, 4) is 6.07 Å². The van der Waals surface area contributed by atoms with Crippen LogP contribution in [0.15, 0.2) is 35.5 Å². The predicted molar refractivity (Wildman–Crippen MR) is 115 cm³/mol. The van der Waals surface area contributed by atoms with Gasteiger partial charge in [-0.3, -0.25) is 4.21 Å². The number of ether oxygens (including phenoxy) is 1. The SMILES string of the molecule is Cc1c(C(O)CN2CCC(CS(=O)c3ccc(C#N)cn3)CC2)ccc2c1COC2=O. The number of β-amino-alcohol motifs (C(OH)–C–C–N with tert-alkyl or cyclic N) is 1. The average Bonchev–Trinajstić information content (AvgIpc) is 3.17. The number of fused-ring (bicyclic) bond motifs is 1. The lowest BCUT2D eigenvalue weighted by Crippen LogP contribution is -2.38. The number of benzene rings is 1. The van der Waals surface area contributed by atoms with Gasteiger partial charge in [0.25, 0.3) is 0 Å². The minimum Gasteiger partial charge on any atom is -0.457 e. The number of piperidine rings is 1. The normalized spacial score (nSPS) is 18.8. The summed E-state index contributed by atoms with van der Waals surface area (Å²) < 4.78 is 17.7. The van der Waals surface area contributed by atoms with Crippen molar-refractivity contribution in [2.45, 2.75) is 37.5 Å². The molecule has 1 N–H and O–H groups in total. The Kier molecular flexibility index (Phi) is 6.46. The van der Waals surface area contributed by atoms with Gasteiger partial charge < -0.3 is 14.7 Å². The summed E-state index contributed by atoms with van der Waals surface area (Å²) in [4.78, 5) is 18.1. The van der Waals surface area contributed by atoms with E-state index in [1.807, 2.05) is 19.1 Å². The van der Waals surface area contributed by atoms with Crippen LogP contribution in [0.1, 0.15) is 51.6 Å². The van der Waals surface area contributed by atoms with Gasteiger partial charge in [-0.2, -0.15) is 5.26 Å². The van der Waals surface area contributed by atoms with Gasteiger partial charge >= 0.3 is 5.97 Å². The third kappa shape index (κ3) is 4.69. The molecule has 2 aliphatic heterocycles. The average molecular weight is 440 g/mol. The van der Waals surface area contributed by atoms with E-state index in [-0.39, 0.29) is 12.6 Å². The number of rotatable bonds is 6. The molecule has 0 radical (unpaired) electrons. The Morgan fingerprint density at radius 1 is 1.32 bits per heavy atom. The van der Waals surface area contributed by atoms with E-state index in [9.17, 15) is 14.1 Å². The molecule has 2 aliphatic rings. The van der Waals surface area contributed by atoms with Crippen molar-refractivity contribution in [2.24, 2.45) is 5.92 Å². The second-order valence-electron chi connectivity index (χ2n) is 8.15. The van der Waals surface area contributed by atoms with Crippen LogP contribution in [0.25, 0.3) is 0 Å². The van der Waals surface area contributed by atoms with Crippen molar-refractivity contribution in [1.29, 1.82) is 5.26 Å². The molecule has 2 aromatic rings. The number of hydrogen-bond donors (Lipinski definition) is 1. The molecule has 2 atom stereocenters. The van der Waals surface area contributed by atoms with E-state index >= 15 is 0 Å². The number of nitriles is 1. The van der Waals surface area contributed by atoms with Gasteiger partial charge in [0, 0.05) is 24.1 Å². The van der Waals surface area contributed by atoms with Gasteiger partial charge in [-0.05, 0) is 68.1 Å². The van der Waals surface area contributed by atoms with E-state index in [0.717, 1.165) is 42.6 Å². The summed E-state index contributed by atoms with van der Waals surface area (Å²) in [5.74, 6) is 0.610. The largest absolute Gasteiger partial charge is 0.457 e. The van der Waals surface area contributed by atoms with E-state index in [1.165, 1.54) is 6.20 Å². The van der Waals surface area contributed by atoms with Gasteiger partial charge in [-0.25, -0.2) is 9.78 Å². The summed E-state index contributed by atoms with van der Waals surface area (Å²) in [5.41, 5.74) is 3.70. The van der Waals surface area contributed by atoms with E-state index in [2.05, 4.69) is 9.88 Å². The monoisotopic (exact) mass is 439 g/mol. The number of aliphatic hydroxyl groups excluding tert-OH is 1. The van der Waals surface area contributed by atoms with E-state index < -0.39 is 16.9 Å². The number of cyclic esters (lactones) is 1. The maximum Gasteiger partial charge on any atom is 0.338 e. The van der Waals surface area contributed by atoms with E-state index in [0.29, 0.717) is 34.4 Å². The minimum absolute atomic E-state index is 0.275. The zero-order valence-electron chi connectivity index (χ0n) is 17.4. The Morgan fingerprint density at radius 2 is 2.10 bits per heavy atom. The van der Waals surface area contributed by atoms with E-state index in [1.54, 1.807) is 18.2 Å². The highest BCUT2D eigenvalue weighted by molar-refractivity contribution is 7.84. The van der Waals surface area contributed by atoms with Crippen molar-refractivity contribution < 1.29 is 18.8 Å². The third-order valence-corrected chi connectivity index (χ3v) is 7.67. The molecule has 0 amide bonds. The van der Waals surface area contributed by atoms with Crippen LogP contribution in [0, 0.1) is 24.2 Å². The van der Waals surface area contributed by atoms with Crippen LogP contribution in [-0.2, 0) is 22.1 Å². The third-order valence-electron chi connectivity index (χ3n) is 6.19. The number of likely N-dealkylation sites (tertiary alicyclic amines) is 1. The summed E-state index contributed by atoms with van der Waals surface area (Å²) in [7, 11) is -1.18. The summed E-state index contributed by atoms with van der Waals surface area (Å²) in [6, 6.07) is 8.90. The Morgan fingerprint density at radius 3 is 2.77 bits per heavy atom. The number of nitrogens with zero attached hydrogens (tertiary/aromatic N) is 3. The maximum atomic E-state index is 12.6. The van der Waals surface area contributed by atoms with Crippen molar-refractivity contribution in [2.75, 3.05) is 25.4 Å². The molecule has 1 aromatic carbocycles. The molecule has 0 spiro atoms. The Balaban J connectivity index is 1.30. The number of hydrogen-bond acceptors (Lipinski definition) is 7. The fraction of sp³-hybridized carbons (Fsp3) is 0.435. The first kappa shape index (κ1) is 21.6. The molecule has 3 heterocycles. The van der Waals surface area contributed by atoms with E-state index in [4.69, 9.17) is 10.00 Å². The molecule has 0 saturated carbocycles. The second kappa shape index (κ2) is 9.27. The molecule has 1 saturated heterocycles. The fourth-order valence-corrected chi connectivity index (χ4v) is 5.61. The van der Waals surface area contributed by atoms with Crippen LogP contribution in [0.5, 0.6) is 0 Å². The van der Waals surface area contributed by atoms with Crippen molar-refractivity contribution in [1.82, 2.24) is 9.88 Å². The summed E-state index contributed by atoms with van der Waals surface area (Å²) in [6.45, 7) is 4.41. The molecular weight excluding hydrogens is 414 g/mol. The van der Waals surface area contributed by atoms with Crippen LogP contribution in [-0.4, -0.2) is 50.6 Å². The van der Waals surface area contributed by atoms with Crippen molar-refractivity contribution in [3.05, 3.63) is 58.3 Å². The predicted octanol–water partition coefficient (Wildman–Crippen LogP) is 2.49. The van der Waals surface area contributed by atoms with Crippen LogP contribution >= 0.6 is 0 Å². The van der Waals surface area contributed by atoms with Crippen molar-refractivity contribution in [3.63, 3.8) is 0 Å². The highest BCUT2D eigenvalue weighted by atomic mass is 32.2. The van der Waals surface area contributed by atoms with Gasteiger partial charge in [0.15, 0.2) is 0 Å². The lowest BCUT2D eigenvalue weighted by atomic mass is 9.94. The zero-order chi connectivity index (χ0) is 22.0. The Labute approximate surface area is 184 Å². The van der Waals surface area contributed by atoms with Crippen LogP contribution in [0.3, 0.4) is 0 Å². The molecule has 7 nitrogen and oxygen atoms in total. The summed E-state index contributed by atoms with van der Waals surface area (Å²) >= 11 is 0. The topological polar surface area (TPSA) is 104 Å². The summed E-state index contributed by atoms with van der Waals surface area (Å²) in [6.07, 6.45) is 2.66. The summed E-state index contributed by atoms with van der Waals surface area (Å²) in [5, 5.41) is 20.2. The molecule has 1 fully saturated rings. The lowest BCUT2D eigenvalue weighted by Gasteiger charge is -2.33. The fourth-order valence-electron chi connectivity index (χ4n) is 4.29. The van der Waals surface area contributed by atoms with Gasteiger partial charge in [0.2, 0.25) is 0 Å². The molecular formula is C23H25N3O4S. The van der Waals surface area contributed by atoms with Gasteiger partial charge in [-0.15, -0.1) is 0 Å². The quantitative estimate of drug-likeness (QED) is 0.690. The highest BCUT2D eigenvalue weighted by Gasteiger charge is 2.28. The first-order valence-electron chi connectivity index (χ1n) is 10.4. The number of pyridine rings is 1. The van der Waals surface area contributed by atoms with Crippen LogP contribution in [0.4, 0.5) is 0 Å². The second-order valence-corrected chi connectivity index (χ2v) is 9.59. The molecule has 31 heavy (non-hydrogen) atoms. The first-order chi connectivity index (χ1) is 15.0. The van der Waals surface area contributed by atoms with Gasteiger partial charge in [0.1, 0.15) is 17.7 Å². The lowest BCUT2D eigenvalue weighted by molar-refractivity contribution is 0.0535. The number of esters is 1. The number of aromatic nitrogens is 1. The first-order valence-corrected chi connectivity index (χ1v) is 11.7. The Bertz CT molecular complexity index is 1040. The standard InChI is InChI=1S/C23H25N3O4S/c1-15-18(3-4-19-20(15)13-30-23(19)28)21(27)12-26-8-6-16(7-9-26)14-31(29)22-5-2-17(10-24)11-25-22/h2-5,11,16,21,27H,6-9,12-14H2,1H3. The number of aliphatic hydroxyl groups is 1. The Hall–Kier alpha value is -2.60. The van der Waals surface area contributed by atoms with Crippen molar-refractivity contribution >= 4 is 16.8 Å². The highest BCUT2D eigenvalue weighted by Crippen LogP contribution is 2.30. The minimum atomic E-state index is -1.18. The number of carbonyl (C=O) groups is 1. The molecule has 4 rings (SSSR count). The van der Waals surface area contributed by atoms with Crippen LogP contribution in [0.2, 0.25) is 0 Å². The smallest absolute Gasteiger partial charge is 0.338 e. The molecule has 8 heteroatoms. The maximum absolute atomic E-state index is 12.6. The zero-order valence-corrected chi connectivity index (χ0v) is 18.2. The molecule has 0 aliphatic carbocycles. The van der Waals surface area contributed by atoms with Gasteiger partial charge in [0.05, 0.1) is 28.0 Å². The van der Waals surface area contributed by atoms with Gasteiger partial charge in [-0.1, -0.05) is 6.07 Å². The molecule has 1 aromatic heterocycles. The van der Waals surface area contributed by atoms with Crippen LogP contribution < -0.4 is 0 Å². The molecule has 162 valence electrons. The molecule has 0 bridgehead atoms. The number of carbonyl (C=O) groups excluding carboxylic acids is 1.